The molecule has 8 nitrogen and oxygen atoms in total. The van der Waals surface area contributed by atoms with Gasteiger partial charge in [0.25, 0.3) is 6.10 Å². The highest BCUT2D eigenvalue weighted by molar-refractivity contribution is 4.63. The maximum absolute atomic E-state index is 12.6. The summed E-state index contributed by atoms with van der Waals surface area (Å²) in [4.78, 5) is 15.7. The van der Waals surface area contributed by atoms with Gasteiger partial charge < -0.3 is 10.2 Å². The molecule has 12 heavy (non-hydrogen) atoms. The zero-order valence-corrected chi connectivity index (χ0v) is 5.58. The minimum atomic E-state index is -4.24. The normalized spacial score (nSPS) is 13.9. The fraction of sp³-hybridized carbons (Fsp3) is 1.00. The molecule has 0 aromatic rings. The van der Waals surface area contributed by atoms with Crippen LogP contribution in [0.25, 0.3) is 0 Å². The molecule has 0 amide bonds. The van der Waals surface area contributed by atoms with Gasteiger partial charge >= 0.3 is 5.92 Å². The smallest absolute Gasteiger partial charge is 0.393 e. The van der Waals surface area contributed by atoms with Gasteiger partial charge in [-0.2, -0.15) is 0 Å². The quantitative estimate of drug-likeness (QED) is 0.237. The lowest BCUT2D eigenvalue weighted by atomic mass is 10.3. The third-order valence-corrected chi connectivity index (χ3v) is 1.11. The molecule has 0 saturated carbocycles. The monoisotopic (exact) mass is 184 g/mol. The molecular formula is C3H5FN2O6. The highest BCUT2D eigenvalue weighted by Crippen LogP contribution is 2.17. The lowest BCUT2D eigenvalue weighted by Crippen LogP contribution is -2.53. The van der Waals surface area contributed by atoms with Crippen molar-refractivity contribution in [3.63, 3.8) is 0 Å². The van der Waals surface area contributed by atoms with Gasteiger partial charge in [0, 0.05) is 0 Å². The summed E-state index contributed by atoms with van der Waals surface area (Å²) >= 11 is 0. The number of hydrogen-bond donors (Lipinski definition) is 2. The van der Waals surface area contributed by atoms with Crippen molar-refractivity contribution >= 4 is 0 Å². The zero-order valence-electron chi connectivity index (χ0n) is 5.58. The van der Waals surface area contributed by atoms with E-state index in [0.717, 1.165) is 0 Å². The van der Waals surface area contributed by atoms with E-state index in [2.05, 4.69) is 0 Å². The molecular weight excluding hydrogens is 179 g/mol. The summed E-state index contributed by atoms with van der Waals surface area (Å²) in [6.07, 6.45) is -2.68. The Bertz CT molecular complexity index is 193. The van der Waals surface area contributed by atoms with Crippen molar-refractivity contribution in [1.82, 2.24) is 0 Å². The number of aliphatic hydroxyl groups is 2. The van der Waals surface area contributed by atoms with Crippen LogP contribution in [0.15, 0.2) is 0 Å². The number of nitrogens with zero attached hydrogens (tertiary/aromatic N) is 2. The van der Waals surface area contributed by atoms with Gasteiger partial charge in [-0.15, -0.1) is 0 Å². The molecule has 0 rings (SSSR count). The molecule has 0 aliphatic rings. The van der Waals surface area contributed by atoms with Crippen LogP contribution in [0.5, 0.6) is 0 Å². The molecule has 9 heteroatoms. The second-order valence-corrected chi connectivity index (χ2v) is 1.85. The van der Waals surface area contributed by atoms with Gasteiger partial charge in [-0.1, -0.05) is 4.39 Å². The highest BCUT2D eigenvalue weighted by atomic mass is 19.2. The van der Waals surface area contributed by atoms with Gasteiger partial charge in [0.1, 0.15) is 9.85 Å². The topological polar surface area (TPSA) is 127 Å². The standard InChI is InChI=1S/C3H5FN2O6/c4-3(5(9)10,6(11)12)2(8)1-7/h2,7-8H,1H2. The first kappa shape index (κ1) is 10.7. The Hall–Kier alpha value is -1.35. The third-order valence-electron chi connectivity index (χ3n) is 1.11. The summed E-state index contributed by atoms with van der Waals surface area (Å²) in [6.45, 7) is -1.40. The van der Waals surface area contributed by atoms with Crippen LogP contribution >= 0.6 is 0 Å². The molecule has 2 N–H and O–H groups in total. The SMILES string of the molecule is O=[N+]([O-])C(F)(C(O)CO)[N+](=O)[O-]. The first-order valence-electron chi connectivity index (χ1n) is 2.64. The fourth-order valence-electron chi connectivity index (χ4n) is 0.426. The molecule has 0 radical (unpaired) electrons. The number of nitro groups is 2. The number of halogens is 1. The molecule has 1 unspecified atom stereocenters. The molecule has 0 aromatic carbocycles. The Kier molecular flexibility index (Phi) is 2.99. The van der Waals surface area contributed by atoms with Crippen LogP contribution in [0.3, 0.4) is 0 Å². The van der Waals surface area contributed by atoms with Crippen LogP contribution in [0.2, 0.25) is 0 Å². The van der Waals surface area contributed by atoms with E-state index in [1.807, 2.05) is 0 Å². The number of alkyl halides is 1. The summed E-state index contributed by atoms with van der Waals surface area (Å²) in [6, 6.07) is 0. The average molecular weight is 184 g/mol. The third kappa shape index (κ3) is 1.46. The summed E-state index contributed by atoms with van der Waals surface area (Å²) < 4.78 is 12.6. The zero-order chi connectivity index (χ0) is 9.94. The van der Waals surface area contributed by atoms with Crippen LogP contribution in [0.4, 0.5) is 4.39 Å². The summed E-state index contributed by atoms with van der Waals surface area (Å²) in [5.41, 5.74) is 0. The Morgan fingerprint density at radius 3 is 1.83 bits per heavy atom. The largest absolute Gasteiger partial charge is 0.642 e. The second-order valence-electron chi connectivity index (χ2n) is 1.85. The van der Waals surface area contributed by atoms with Gasteiger partial charge in [-0.05, 0) is 0 Å². The Morgan fingerprint density at radius 1 is 1.42 bits per heavy atom. The molecule has 0 aliphatic heterocycles. The Morgan fingerprint density at radius 2 is 1.75 bits per heavy atom. The van der Waals surface area contributed by atoms with Crippen molar-refractivity contribution in [2.24, 2.45) is 0 Å². The molecule has 0 spiro atoms. The molecule has 0 aliphatic carbocycles. The van der Waals surface area contributed by atoms with Gasteiger partial charge in [0.15, 0.2) is 0 Å². The molecule has 0 fully saturated rings. The molecule has 0 bridgehead atoms. The maximum atomic E-state index is 12.6. The molecule has 0 saturated heterocycles. The van der Waals surface area contributed by atoms with E-state index < -0.39 is 28.5 Å². The van der Waals surface area contributed by atoms with Crippen LogP contribution in [-0.2, 0) is 0 Å². The van der Waals surface area contributed by atoms with Crippen LogP contribution in [-0.4, -0.2) is 38.7 Å². The van der Waals surface area contributed by atoms with Gasteiger partial charge in [0.2, 0.25) is 0 Å². The van der Waals surface area contributed by atoms with E-state index in [4.69, 9.17) is 10.2 Å². The van der Waals surface area contributed by atoms with Crippen molar-refractivity contribution in [3.05, 3.63) is 20.2 Å². The van der Waals surface area contributed by atoms with Crippen LogP contribution in [0.1, 0.15) is 0 Å². The number of aliphatic hydroxyl groups excluding tert-OH is 2. The lowest BCUT2D eigenvalue weighted by molar-refractivity contribution is -0.841. The Labute approximate surface area is 64.5 Å². The lowest BCUT2D eigenvalue weighted by Gasteiger charge is -2.11. The average Bonchev–Trinajstić information content (AvgIpc) is 2.00. The van der Waals surface area contributed by atoms with Crippen molar-refractivity contribution in [3.8, 4) is 0 Å². The summed E-state index contributed by atoms with van der Waals surface area (Å²) in [5.74, 6) is -4.24. The van der Waals surface area contributed by atoms with Gasteiger partial charge in [-0.3, -0.25) is 20.2 Å². The van der Waals surface area contributed by atoms with Crippen LogP contribution < -0.4 is 0 Å². The van der Waals surface area contributed by atoms with E-state index in [0.29, 0.717) is 0 Å². The van der Waals surface area contributed by atoms with Gasteiger partial charge in [0.05, 0.1) is 6.61 Å². The van der Waals surface area contributed by atoms with Crippen LogP contribution in [0, 0.1) is 20.2 Å². The number of hydrogen-bond acceptors (Lipinski definition) is 6. The molecule has 0 heterocycles. The summed E-state index contributed by atoms with van der Waals surface area (Å²) in [5, 5.41) is 36.0. The minimum absolute atomic E-state index is 1.40. The van der Waals surface area contributed by atoms with Crippen molar-refractivity contribution in [2.75, 3.05) is 6.61 Å². The van der Waals surface area contributed by atoms with E-state index in [1.165, 1.54) is 0 Å². The second kappa shape index (κ2) is 3.36. The molecule has 1 atom stereocenters. The Balaban J connectivity index is 4.87. The predicted molar refractivity (Wildman–Crippen MR) is 30.9 cm³/mol. The van der Waals surface area contributed by atoms with E-state index >= 15 is 0 Å². The van der Waals surface area contributed by atoms with Crippen molar-refractivity contribution < 1.29 is 24.5 Å². The van der Waals surface area contributed by atoms with Crippen molar-refractivity contribution in [2.45, 2.75) is 12.0 Å². The molecule has 0 aromatic heterocycles. The van der Waals surface area contributed by atoms with E-state index in [9.17, 15) is 24.6 Å². The van der Waals surface area contributed by atoms with Gasteiger partial charge in [-0.25, -0.2) is 0 Å². The predicted octanol–water partition coefficient (Wildman–Crippen LogP) is -1.48. The highest BCUT2D eigenvalue weighted by Gasteiger charge is 2.64. The van der Waals surface area contributed by atoms with E-state index in [1.54, 1.807) is 0 Å². The maximum Gasteiger partial charge on any atom is 0.642 e. The first-order valence-corrected chi connectivity index (χ1v) is 2.64. The fourth-order valence-corrected chi connectivity index (χ4v) is 0.426. The van der Waals surface area contributed by atoms with E-state index in [-0.39, 0.29) is 0 Å². The summed E-state index contributed by atoms with van der Waals surface area (Å²) in [7, 11) is 0. The first-order chi connectivity index (χ1) is 5.37. The molecule has 70 valence electrons. The minimum Gasteiger partial charge on any atom is -0.393 e. The van der Waals surface area contributed by atoms with Crippen molar-refractivity contribution in [1.29, 1.82) is 0 Å². The number of rotatable bonds is 4.